The Morgan fingerprint density at radius 1 is 1.55 bits per heavy atom. The molecule has 0 saturated heterocycles. The molecule has 3 nitrogen and oxygen atoms in total. The summed E-state index contributed by atoms with van der Waals surface area (Å²) >= 11 is 8.09. The normalized spacial score (nSPS) is 14.6. The summed E-state index contributed by atoms with van der Waals surface area (Å²) in [5.74, 6) is -0.343. The van der Waals surface area contributed by atoms with Crippen molar-refractivity contribution in [3.8, 4) is 0 Å². The molecule has 6 heteroatoms. The number of rotatable bonds is 7. The number of anilines is 1. The van der Waals surface area contributed by atoms with Crippen LogP contribution in [0.15, 0.2) is 16.6 Å². The Labute approximate surface area is 132 Å². The van der Waals surface area contributed by atoms with Gasteiger partial charge in [-0.2, -0.15) is 0 Å². The predicted molar refractivity (Wildman–Crippen MR) is 88.7 cm³/mol. The van der Waals surface area contributed by atoms with Crippen LogP contribution in [0, 0.1) is 5.82 Å². The van der Waals surface area contributed by atoms with Crippen molar-refractivity contribution in [2.45, 2.75) is 25.8 Å². The molecule has 1 aliphatic carbocycles. The number of benzene rings is 1. The van der Waals surface area contributed by atoms with Crippen molar-refractivity contribution in [3.05, 3.63) is 28.0 Å². The molecule has 0 radical (unpaired) electrons. The molecule has 1 saturated carbocycles. The highest BCUT2D eigenvalue weighted by molar-refractivity contribution is 9.10. The maximum absolute atomic E-state index is 14.2. The topological polar surface area (TPSA) is 41.3 Å². The molecule has 0 spiro atoms. The molecule has 3 N–H and O–H groups in total. The highest BCUT2D eigenvalue weighted by Crippen LogP contribution is 2.28. The minimum atomic E-state index is -0.343. The first-order valence-electron chi connectivity index (χ1n) is 6.80. The Balaban J connectivity index is 1.96. The Kier molecular flexibility index (Phi) is 5.35. The van der Waals surface area contributed by atoms with Crippen molar-refractivity contribution in [2.24, 2.45) is 5.73 Å². The van der Waals surface area contributed by atoms with Gasteiger partial charge in [0.25, 0.3) is 0 Å². The van der Waals surface area contributed by atoms with Crippen LogP contribution in [0.25, 0.3) is 0 Å². The van der Waals surface area contributed by atoms with Crippen molar-refractivity contribution in [3.63, 3.8) is 0 Å². The lowest BCUT2D eigenvalue weighted by molar-refractivity contribution is 0.289. The standard InChI is InChI=1S/C14H19BrFN3S/c1-2-19(9-3-4-9)8-7-18-11-6-5-10(14(17)20)12(15)13(11)16/h5-6,9,18H,2-4,7-8H2,1H3,(H2,17,20). The Bertz CT molecular complexity index is 505. The summed E-state index contributed by atoms with van der Waals surface area (Å²) in [6.45, 7) is 4.85. The molecule has 0 aromatic heterocycles. The van der Waals surface area contributed by atoms with Crippen molar-refractivity contribution in [1.29, 1.82) is 0 Å². The maximum atomic E-state index is 14.2. The summed E-state index contributed by atoms with van der Waals surface area (Å²) in [5, 5.41) is 3.14. The number of hydrogen-bond acceptors (Lipinski definition) is 3. The van der Waals surface area contributed by atoms with E-state index in [0.717, 1.165) is 25.7 Å². The van der Waals surface area contributed by atoms with Crippen LogP contribution < -0.4 is 11.1 Å². The van der Waals surface area contributed by atoms with E-state index in [1.165, 1.54) is 12.8 Å². The van der Waals surface area contributed by atoms with Gasteiger partial charge in [-0.1, -0.05) is 19.1 Å². The van der Waals surface area contributed by atoms with E-state index in [2.05, 4.69) is 33.1 Å². The van der Waals surface area contributed by atoms with Crippen molar-refractivity contribution in [1.82, 2.24) is 4.90 Å². The Morgan fingerprint density at radius 3 is 2.80 bits per heavy atom. The third kappa shape index (κ3) is 3.68. The van der Waals surface area contributed by atoms with Gasteiger partial charge in [-0.15, -0.1) is 0 Å². The SMILES string of the molecule is CCN(CCNc1ccc(C(N)=S)c(Br)c1F)C1CC1. The fourth-order valence-corrected chi connectivity index (χ4v) is 3.11. The number of nitrogens with zero attached hydrogens (tertiary/aromatic N) is 1. The second kappa shape index (κ2) is 6.83. The first kappa shape index (κ1) is 15.7. The lowest BCUT2D eigenvalue weighted by atomic mass is 10.2. The lowest BCUT2D eigenvalue weighted by Gasteiger charge is -2.20. The van der Waals surface area contributed by atoms with E-state index >= 15 is 0 Å². The van der Waals surface area contributed by atoms with Gasteiger partial charge >= 0.3 is 0 Å². The Hall–Kier alpha value is -0.720. The fraction of sp³-hybridized carbons (Fsp3) is 0.500. The molecule has 0 heterocycles. The maximum Gasteiger partial charge on any atom is 0.161 e. The molecule has 0 unspecified atom stereocenters. The van der Waals surface area contributed by atoms with E-state index in [1.54, 1.807) is 12.1 Å². The fourth-order valence-electron chi connectivity index (χ4n) is 2.25. The molecule has 20 heavy (non-hydrogen) atoms. The third-order valence-electron chi connectivity index (χ3n) is 3.53. The number of hydrogen-bond donors (Lipinski definition) is 2. The summed E-state index contributed by atoms with van der Waals surface area (Å²) in [6.07, 6.45) is 2.58. The molecule has 0 atom stereocenters. The van der Waals surface area contributed by atoms with Gasteiger partial charge < -0.3 is 11.1 Å². The summed E-state index contributed by atoms with van der Waals surface area (Å²) in [4.78, 5) is 2.61. The van der Waals surface area contributed by atoms with E-state index in [4.69, 9.17) is 18.0 Å². The molecule has 1 aromatic carbocycles. The van der Waals surface area contributed by atoms with Crippen LogP contribution in [0.4, 0.5) is 10.1 Å². The molecule has 0 bridgehead atoms. The van der Waals surface area contributed by atoms with Gasteiger partial charge in [0, 0.05) is 24.7 Å². The van der Waals surface area contributed by atoms with Gasteiger partial charge in [-0.3, -0.25) is 4.90 Å². The van der Waals surface area contributed by atoms with Gasteiger partial charge in [0.2, 0.25) is 0 Å². The van der Waals surface area contributed by atoms with Gasteiger partial charge in [0.05, 0.1) is 10.2 Å². The van der Waals surface area contributed by atoms with Crippen LogP contribution in [-0.4, -0.2) is 35.6 Å². The van der Waals surface area contributed by atoms with Crippen LogP contribution in [0.5, 0.6) is 0 Å². The van der Waals surface area contributed by atoms with E-state index in [1.807, 2.05) is 0 Å². The van der Waals surface area contributed by atoms with E-state index in [0.29, 0.717) is 15.7 Å². The third-order valence-corrected chi connectivity index (χ3v) is 4.53. The van der Waals surface area contributed by atoms with Crippen LogP contribution in [0.2, 0.25) is 0 Å². The van der Waals surface area contributed by atoms with Crippen LogP contribution >= 0.6 is 28.1 Å². The zero-order chi connectivity index (χ0) is 14.7. The highest BCUT2D eigenvalue weighted by Gasteiger charge is 2.27. The molecular weight excluding hydrogens is 341 g/mol. The number of halogens is 2. The number of nitrogens with one attached hydrogen (secondary N) is 1. The van der Waals surface area contributed by atoms with Crippen molar-refractivity contribution >= 4 is 38.8 Å². The molecule has 1 aromatic rings. The van der Waals surface area contributed by atoms with Crippen molar-refractivity contribution < 1.29 is 4.39 Å². The Morgan fingerprint density at radius 2 is 2.25 bits per heavy atom. The predicted octanol–water partition coefficient (Wildman–Crippen LogP) is 3.12. The second-order valence-electron chi connectivity index (χ2n) is 4.94. The minimum Gasteiger partial charge on any atom is -0.389 e. The average molecular weight is 360 g/mol. The quantitative estimate of drug-likeness (QED) is 0.734. The largest absolute Gasteiger partial charge is 0.389 e. The van der Waals surface area contributed by atoms with Gasteiger partial charge in [-0.05, 0) is 47.4 Å². The zero-order valence-electron chi connectivity index (χ0n) is 11.5. The summed E-state index contributed by atoms with van der Waals surface area (Å²) < 4.78 is 14.5. The van der Waals surface area contributed by atoms with Crippen molar-refractivity contribution in [2.75, 3.05) is 25.0 Å². The monoisotopic (exact) mass is 359 g/mol. The number of likely N-dealkylation sites (N-methyl/N-ethyl adjacent to an activating group) is 1. The summed E-state index contributed by atoms with van der Waals surface area (Å²) in [7, 11) is 0. The first-order chi connectivity index (χ1) is 9.54. The summed E-state index contributed by atoms with van der Waals surface area (Å²) in [6, 6.07) is 4.15. The van der Waals surface area contributed by atoms with E-state index in [9.17, 15) is 4.39 Å². The molecule has 0 aliphatic heterocycles. The molecule has 2 rings (SSSR count). The smallest absolute Gasteiger partial charge is 0.161 e. The molecule has 110 valence electrons. The van der Waals surface area contributed by atoms with Gasteiger partial charge in [0.1, 0.15) is 4.99 Å². The number of nitrogens with two attached hydrogens (primary N) is 1. The first-order valence-corrected chi connectivity index (χ1v) is 8.00. The molecule has 0 amide bonds. The highest BCUT2D eigenvalue weighted by atomic mass is 79.9. The van der Waals surface area contributed by atoms with Gasteiger partial charge in [-0.25, -0.2) is 4.39 Å². The second-order valence-corrected chi connectivity index (χ2v) is 6.17. The van der Waals surface area contributed by atoms with Crippen LogP contribution in [0.1, 0.15) is 25.3 Å². The van der Waals surface area contributed by atoms with Crippen LogP contribution in [0.3, 0.4) is 0 Å². The van der Waals surface area contributed by atoms with E-state index in [-0.39, 0.29) is 10.8 Å². The molecular formula is C14H19BrFN3S. The van der Waals surface area contributed by atoms with Gasteiger partial charge in [0.15, 0.2) is 5.82 Å². The zero-order valence-corrected chi connectivity index (χ0v) is 13.9. The molecule has 1 fully saturated rings. The average Bonchev–Trinajstić information content (AvgIpc) is 3.23. The van der Waals surface area contributed by atoms with Crippen LogP contribution in [-0.2, 0) is 0 Å². The summed E-state index contributed by atoms with van der Waals surface area (Å²) in [5.41, 5.74) is 6.54. The molecule has 1 aliphatic rings. The lowest BCUT2D eigenvalue weighted by Crippen LogP contribution is -2.31. The number of thiocarbonyl (C=S) groups is 1. The minimum absolute atomic E-state index is 0.188. The van der Waals surface area contributed by atoms with E-state index < -0.39 is 0 Å².